The number of nitrogens with one attached hydrogen (secondary N) is 2. The van der Waals surface area contributed by atoms with Gasteiger partial charge in [0.25, 0.3) is 0 Å². The standard InChI is InChI=1S/C20H23F3N2O/c21-20(22,23)16-10-13(8-9-15(16)14-4-1-2-5-14)11-26-18-7-3-6-17-19(18)25-12-24-17/h3,7-10,14,17,24-25H,1-2,4-6,11-12H2. The number of halogens is 3. The van der Waals surface area contributed by atoms with Gasteiger partial charge in [-0.1, -0.05) is 31.1 Å². The van der Waals surface area contributed by atoms with E-state index in [0.29, 0.717) is 23.6 Å². The van der Waals surface area contributed by atoms with Gasteiger partial charge in [0.1, 0.15) is 12.4 Å². The summed E-state index contributed by atoms with van der Waals surface area (Å²) in [6.07, 6.45) is 4.19. The van der Waals surface area contributed by atoms with E-state index in [-0.39, 0.29) is 18.6 Å². The average molecular weight is 364 g/mol. The molecule has 3 nitrogen and oxygen atoms in total. The normalized spacial score (nSPS) is 23.3. The Labute approximate surface area is 151 Å². The van der Waals surface area contributed by atoms with Gasteiger partial charge in [0.2, 0.25) is 0 Å². The molecular formula is C20H23F3N2O. The van der Waals surface area contributed by atoms with Crippen LogP contribution in [-0.4, -0.2) is 12.7 Å². The van der Waals surface area contributed by atoms with E-state index in [0.717, 1.165) is 37.8 Å². The molecule has 0 radical (unpaired) electrons. The third-order valence-corrected chi connectivity index (χ3v) is 5.49. The Hall–Kier alpha value is -1.95. The predicted octanol–water partition coefficient (Wildman–Crippen LogP) is 4.57. The maximum Gasteiger partial charge on any atom is 0.416 e. The molecule has 1 unspecified atom stereocenters. The Kier molecular flexibility index (Phi) is 4.69. The van der Waals surface area contributed by atoms with Crippen LogP contribution in [0.15, 0.2) is 41.8 Å². The van der Waals surface area contributed by atoms with Crippen LogP contribution >= 0.6 is 0 Å². The molecule has 3 aliphatic rings. The molecule has 0 spiro atoms. The summed E-state index contributed by atoms with van der Waals surface area (Å²) in [5.41, 5.74) is 1.49. The summed E-state index contributed by atoms with van der Waals surface area (Å²) in [5, 5.41) is 6.54. The molecule has 1 atom stereocenters. The molecule has 26 heavy (non-hydrogen) atoms. The largest absolute Gasteiger partial charge is 0.487 e. The lowest BCUT2D eigenvalue weighted by atomic mass is 9.91. The molecule has 2 aliphatic carbocycles. The molecule has 0 bridgehead atoms. The lowest BCUT2D eigenvalue weighted by Gasteiger charge is -2.20. The number of ether oxygens (including phenoxy) is 1. The molecule has 6 heteroatoms. The number of fused-ring (bicyclic) bond motifs is 1. The van der Waals surface area contributed by atoms with Gasteiger partial charge in [0, 0.05) is 0 Å². The first-order valence-corrected chi connectivity index (χ1v) is 9.23. The van der Waals surface area contributed by atoms with Crippen LogP contribution in [0.5, 0.6) is 0 Å². The molecule has 0 amide bonds. The van der Waals surface area contributed by atoms with Crippen LogP contribution in [0.1, 0.15) is 54.7 Å². The van der Waals surface area contributed by atoms with Crippen molar-refractivity contribution >= 4 is 0 Å². The highest BCUT2D eigenvalue weighted by Gasteiger charge is 2.36. The second-order valence-electron chi connectivity index (χ2n) is 7.22. The fraction of sp³-hybridized carbons (Fsp3) is 0.500. The molecule has 2 N–H and O–H groups in total. The SMILES string of the molecule is FC(F)(F)c1cc(COC2=C3NCNC3CC=C2)ccc1C1CCCC1. The number of benzene rings is 1. The van der Waals surface area contributed by atoms with Crippen LogP contribution in [0.4, 0.5) is 13.2 Å². The fourth-order valence-electron chi connectivity index (χ4n) is 4.17. The zero-order chi connectivity index (χ0) is 18.1. The summed E-state index contributed by atoms with van der Waals surface area (Å²) in [5.74, 6) is 0.738. The second-order valence-corrected chi connectivity index (χ2v) is 7.22. The number of alkyl halides is 3. The Bertz CT molecular complexity index is 733. The van der Waals surface area contributed by atoms with Crippen molar-refractivity contribution in [2.45, 2.75) is 56.8 Å². The molecule has 1 saturated carbocycles. The third kappa shape index (κ3) is 3.47. The monoisotopic (exact) mass is 364 g/mol. The Morgan fingerprint density at radius 3 is 2.73 bits per heavy atom. The van der Waals surface area contributed by atoms with Gasteiger partial charge in [0.05, 0.1) is 24.0 Å². The Balaban J connectivity index is 1.54. The van der Waals surface area contributed by atoms with Crippen molar-refractivity contribution < 1.29 is 17.9 Å². The molecular weight excluding hydrogens is 341 g/mol. The first kappa shape index (κ1) is 17.5. The summed E-state index contributed by atoms with van der Waals surface area (Å²) >= 11 is 0. The van der Waals surface area contributed by atoms with E-state index in [1.807, 2.05) is 12.2 Å². The minimum Gasteiger partial charge on any atom is -0.487 e. The topological polar surface area (TPSA) is 33.3 Å². The van der Waals surface area contributed by atoms with E-state index >= 15 is 0 Å². The van der Waals surface area contributed by atoms with Gasteiger partial charge in [-0.3, -0.25) is 5.32 Å². The van der Waals surface area contributed by atoms with E-state index < -0.39 is 11.7 Å². The van der Waals surface area contributed by atoms with Crippen molar-refractivity contribution in [2.24, 2.45) is 0 Å². The number of hydrogen-bond acceptors (Lipinski definition) is 3. The van der Waals surface area contributed by atoms with E-state index in [1.54, 1.807) is 12.1 Å². The van der Waals surface area contributed by atoms with Crippen LogP contribution in [0.2, 0.25) is 0 Å². The predicted molar refractivity (Wildman–Crippen MR) is 93.2 cm³/mol. The van der Waals surface area contributed by atoms with Crippen LogP contribution in [0.25, 0.3) is 0 Å². The van der Waals surface area contributed by atoms with Gasteiger partial charge in [-0.25, -0.2) is 0 Å². The maximum absolute atomic E-state index is 13.6. The molecule has 1 heterocycles. The van der Waals surface area contributed by atoms with Crippen molar-refractivity contribution in [3.63, 3.8) is 0 Å². The number of rotatable bonds is 4. The van der Waals surface area contributed by atoms with Gasteiger partial charge in [-0.2, -0.15) is 13.2 Å². The van der Waals surface area contributed by atoms with E-state index in [9.17, 15) is 13.2 Å². The van der Waals surface area contributed by atoms with Gasteiger partial charge in [-0.05, 0) is 48.4 Å². The van der Waals surface area contributed by atoms with Crippen molar-refractivity contribution in [1.29, 1.82) is 0 Å². The highest BCUT2D eigenvalue weighted by atomic mass is 19.4. The average Bonchev–Trinajstić information content (AvgIpc) is 3.30. The lowest BCUT2D eigenvalue weighted by Crippen LogP contribution is -2.24. The zero-order valence-electron chi connectivity index (χ0n) is 14.5. The first-order chi connectivity index (χ1) is 12.5. The molecule has 2 fully saturated rings. The van der Waals surface area contributed by atoms with Gasteiger partial charge in [0.15, 0.2) is 0 Å². The highest BCUT2D eigenvalue weighted by molar-refractivity contribution is 5.37. The summed E-state index contributed by atoms with van der Waals surface area (Å²) < 4.78 is 46.6. The molecule has 1 aromatic rings. The van der Waals surface area contributed by atoms with Gasteiger partial charge < -0.3 is 10.1 Å². The fourth-order valence-corrected chi connectivity index (χ4v) is 4.17. The molecule has 4 rings (SSSR count). The second kappa shape index (κ2) is 6.99. The zero-order valence-corrected chi connectivity index (χ0v) is 14.5. The van der Waals surface area contributed by atoms with Crippen LogP contribution in [0, 0.1) is 0 Å². The highest BCUT2D eigenvalue weighted by Crippen LogP contribution is 2.42. The molecule has 140 valence electrons. The lowest BCUT2D eigenvalue weighted by molar-refractivity contribution is -0.138. The van der Waals surface area contributed by atoms with Crippen molar-refractivity contribution in [1.82, 2.24) is 10.6 Å². The molecule has 1 aliphatic heterocycles. The minimum atomic E-state index is -4.33. The van der Waals surface area contributed by atoms with Crippen molar-refractivity contribution in [3.05, 3.63) is 58.5 Å². The van der Waals surface area contributed by atoms with Gasteiger partial charge >= 0.3 is 6.18 Å². The van der Waals surface area contributed by atoms with Gasteiger partial charge in [-0.15, -0.1) is 0 Å². The Morgan fingerprint density at radius 1 is 1.15 bits per heavy atom. The summed E-state index contributed by atoms with van der Waals surface area (Å²) in [6, 6.07) is 4.91. The van der Waals surface area contributed by atoms with Crippen LogP contribution in [-0.2, 0) is 17.5 Å². The van der Waals surface area contributed by atoms with Crippen LogP contribution < -0.4 is 10.6 Å². The van der Waals surface area contributed by atoms with E-state index in [2.05, 4.69) is 10.6 Å². The minimum absolute atomic E-state index is 0.0299. The molecule has 1 saturated heterocycles. The molecule has 1 aromatic carbocycles. The number of hydrogen-bond donors (Lipinski definition) is 2. The smallest absolute Gasteiger partial charge is 0.416 e. The number of allylic oxidation sites excluding steroid dienone is 1. The maximum atomic E-state index is 13.6. The van der Waals surface area contributed by atoms with E-state index in [1.165, 1.54) is 6.07 Å². The van der Waals surface area contributed by atoms with Crippen molar-refractivity contribution in [3.8, 4) is 0 Å². The third-order valence-electron chi connectivity index (χ3n) is 5.49. The molecule has 0 aromatic heterocycles. The Morgan fingerprint density at radius 2 is 1.96 bits per heavy atom. The summed E-state index contributed by atoms with van der Waals surface area (Å²) in [7, 11) is 0. The summed E-state index contributed by atoms with van der Waals surface area (Å²) in [6.45, 7) is 0.814. The first-order valence-electron chi connectivity index (χ1n) is 9.23. The van der Waals surface area contributed by atoms with Crippen LogP contribution in [0.3, 0.4) is 0 Å². The summed E-state index contributed by atoms with van der Waals surface area (Å²) in [4.78, 5) is 0. The quantitative estimate of drug-likeness (QED) is 0.821. The van der Waals surface area contributed by atoms with E-state index in [4.69, 9.17) is 4.74 Å². The van der Waals surface area contributed by atoms with Crippen molar-refractivity contribution in [2.75, 3.05) is 6.67 Å².